The van der Waals surface area contributed by atoms with Crippen LogP contribution in [0.3, 0.4) is 0 Å². The molecule has 0 fully saturated rings. The van der Waals surface area contributed by atoms with Gasteiger partial charge in [0.25, 0.3) is 5.91 Å². The largest absolute Gasteiger partial charge is 0.483 e. The van der Waals surface area contributed by atoms with E-state index in [4.69, 9.17) is 27.9 Å². The van der Waals surface area contributed by atoms with Crippen molar-refractivity contribution in [2.45, 2.75) is 26.2 Å². The van der Waals surface area contributed by atoms with Gasteiger partial charge in [0, 0.05) is 27.5 Å². The molecule has 0 saturated carbocycles. The first-order valence-corrected chi connectivity index (χ1v) is 10.4. The second-order valence-corrected chi connectivity index (χ2v) is 8.53. The third kappa shape index (κ3) is 5.47. The zero-order valence-electron chi connectivity index (χ0n) is 15.5. The molecule has 2 aromatic carbocycles. The van der Waals surface area contributed by atoms with Crippen molar-refractivity contribution in [2.75, 3.05) is 11.9 Å². The number of hydrogen-bond acceptors (Lipinski definition) is 4. The number of hydrogen-bond donors (Lipinski definition) is 1. The van der Waals surface area contributed by atoms with Crippen molar-refractivity contribution < 1.29 is 9.53 Å². The molecule has 0 unspecified atom stereocenters. The fraction of sp³-hybridized carbons (Fsp3) is 0.238. The highest BCUT2D eigenvalue weighted by molar-refractivity contribution is 7.15. The molecule has 1 N–H and O–H groups in total. The van der Waals surface area contributed by atoms with E-state index in [1.807, 2.05) is 30.3 Å². The number of benzene rings is 2. The minimum absolute atomic E-state index is 0.0678. The summed E-state index contributed by atoms with van der Waals surface area (Å²) in [6.45, 7) is 4.11. The molecule has 28 heavy (non-hydrogen) atoms. The Morgan fingerprint density at radius 2 is 2.00 bits per heavy atom. The van der Waals surface area contributed by atoms with Crippen molar-refractivity contribution in [1.29, 1.82) is 0 Å². The van der Waals surface area contributed by atoms with Gasteiger partial charge in [0.05, 0.1) is 0 Å². The summed E-state index contributed by atoms with van der Waals surface area (Å²) in [6, 6.07) is 13.2. The third-order valence-electron chi connectivity index (χ3n) is 4.08. The van der Waals surface area contributed by atoms with Crippen molar-refractivity contribution in [3.8, 4) is 5.75 Å². The number of rotatable bonds is 7. The van der Waals surface area contributed by atoms with Crippen LogP contribution in [0.5, 0.6) is 5.75 Å². The van der Waals surface area contributed by atoms with Crippen LogP contribution in [0, 0.1) is 0 Å². The topological polar surface area (TPSA) is 51.2 Å². The molecule has 4 nitrogen and oxygen atoms in total. The highest BCUT2D eigenvalue weighted by atomic mass is 35.5. The van der Waals surface area contributed by atoms with Gasteiger partial charge in [0.2, 0.25) is 0 Å². The molecule has 0 atom stereocenters. The normalized spacial score (nSPS) is 10.9. The summed E-state index contributed by atoms with van der Waals surface area (Å²) in [5.74, 6) is 0.800. The van der Waals surface area contributed by atoms with Crippen LogP contribution in [0.25, 0.3) is 0 Å². The molecule has 0 aliphatic rings. The van der Waals surface area contributed by atoms with Gasteiger partial charge in [-0.25, -0.2) is 4.98 Å². The van der Waals surface area contributed by atoms with Crippen LogP contribution in [-0.4, -0.2) is 17.5 Å². The first kappa shape index (κ1) is 20.6. The van der Waals surface area contributed by atoms with E-state index < -0.39 is 0 Å². The number of nitrogens with one attached hydrogen (secondary N) is 1. The summed E-state index contributed by atoms with van der Waals surface area (Å²) in [7, 11) is 0. The molecule has 0 saturated heterocycles. The zero-order valence-corrected chi connectivity index (χ0v) is 17.9. The quantitative estimate of drug-likeness (QED) is 0.482. The summed E-state index contributed by atoms with van der Waals surface area (Å²) in [4.78, 5) is 17.5. The number of anilines is 1. The number of halogens is 2. The fourth-order valence-electron chi connectivity index (χ4n) is 2.69. The van der Waals surface area contributed by atoms with Crippen molar-refractivity contribution in [3.05, 3.63) is 74.7 Å². The Bertz CT molecular complexity index is 973. The minimum atomic E-state index is -0.246. The van der Waals surface area contributed by atoms with Gasteiger partial charge in [0.15, 0.2) is 11.7 Å². The SMILES string of the molecule is CC(C)c1ccccc1OCC(=O)Nc1ncc(Cc2ccc(Cl)cc2Cl)s1. The van der Waals surface area contributed by atoms with Crippen LogP contribution in [-0.2, 0) is 11.2 Å². The standard InChI is InChI=1S/C21H20Cl2N2O2S/c1-13(2)17-5-3-4-6-19(17)27-12-20(26)25-21-24-11-16(28-21)9-14-7-8-15(22)10-18(14)23/h3-8,10-11,13H,9,12H2,1-2H3,(H,24,25,26). The monoisotopic (exact) mass is 434 g/mol. The predicted octanol–water partition coefficient (Wildman–Crippen LogP) is 6.18. The molecule has 0 aliphatic heterocycles. The average molecular weight is 435 g/mol. The summed E-state index contributed by atoms with van der Waals surface area (Å²) in [5, 5.41) is 4.53. The zero-order chi connectivity index (χ0) is 20.1. The first-order valence-electron chi connectivity index (χ1n) is 8.82. The third-order valence-corrected chi connectivity index (χ3v) is 5.58. The molecule has 146 valence electrons. The second kappa shape index (κ2) is 9.41. The van der Waals surface area contributed by atoms with E-state index in [1.165, 1.54) is 11.3 Å². The number of amides is 1. The molecule has 3 aromatic rings. The van der Waals surface area contributed by atoms with Crippen LogP contribution < -0.4 is 10.1 Å². The Labute approximate surface area is 178 Å². The number of thiazole rings is 1. The molecule has 7 heteroatoms. The maximum atomic E-state index is 12.2. The second-order valence-electron chi connectivity index (χ2n) is 6.57. The van der Waals surface area contributed by atoms with Gasteiger partial charge in [-0.3, -0.25) is 10.1 Å². The van der Waals surface area contributed by atoms with E-state index in [0.717, 1.165) is 21.8 Å². The summed E-state index contributed by atoms with van der Waals surface area (Å²) >= 11 is 13.6. The molecule has 1 aromatic heterocycles. The highest BCUT2D eigenvalue weighted by Crippen LogP contribution is 2.28. The maximum Gasteiger partial charge on any atom is 0.264 e. The van der Waals surface area contributed by atoms with E-state index in [-0.39, 0.29) is 12.5 Å². The lowest BCUT2D eigenvalue weighted by Crippen LogP contribution is -2.20. The Morgan fingerprint density at radius 3 is 2.75 bits per heavy atom. The van der Waals surface area contributed by atoms with Crippen molar-refractivity contribution >= 4 is 45.6 Å². The van der Waals surface area contributed by atoms with Gasteiger partial charge < -0.3 is 4.74 Å². The molecule has 1 heterocycles. The molecular formula is C21H20Cl2N2O2S. The van der Waals surface area contributed by atoms with Crippen LogP contribution >= 0.6 is 34.5 Å². The van der Waals surface area contributed by atoms with Gasteiger partial charge in [0.1, 0.15) is 5.75 Å². The van der Waals surface area contributed by atoms with Gasteiger partial charge in [-0.15, -0.1) is 11.3 Å². The number of ether oxygens (including phenoxy) is 1. The highest BCUT2D eigenvalue weighted by Gasteiger charge is 2.12. The predicted molar refractivity (Wildman–Crippen MR) is 116 cm³/mol. The lowest BCUT2D eigenvalue weighted by Gasteiger charge is -2.13. The molecule has 0 spiro atoms. The summed E-state index contributed by atoms with van der Waals surface area (Å²) < 4.78 is 5.70. The number of aromatic nitrogens is 1. The van der Waals surface area contributed by atoms with E-state index in [2.05, 4.69) is 24.1 Å². The smallest absolute Gasteiger partial charge is 0.264 e. The molecule has 1 amide bonds. The molecule has 0 radical (unpaired) electrons. The number of nitrogens with zero attached hydrogens (tertiary/aromatic N) is 1. The fourth-order valence-corrected chi connectivity index (χ4v) is 4.01. The lowest BCUT2D eigenvalue weighted by molar-refractivity contribution is -0.118. The van der Waals surface area contributed by atoms with Crippen LogP contribution in [0.4, 0.5) is 5.13 Å². The first-order chi connectivity index (χ1) is 13.4. The lowest BCUT2D eigenvalue weighted by atomic mass is 10.0. The number of para-hydroxylation sites is 1. The number of carbonyl (C=O) groups is 1. The van der Waals surface area contributed by atoms with E-state index in [1.54, 1.807) is 18.3 Å². The van der Waals surface area contributed by atoms with Crippen molar-refractivity contribution in [1.82, 2.24) is 4.98 Å². The Kier molecular flexibility index (Phi) is 6.94. The van der Waals surface area contributed by atoms with Gasteiger partial charge in [-0.2, -0.15) is 0 Å². The molecule has 0 bridgehead atoms. The maximum absolute atomic E-state index is 12.2. The minimum Gasteiger partial charge on any atom is -0.483 e. The Morgan fingerprint density at radius 1 is 1.21 bits per heavy atom. The van der Waals surface area contributed by atoms with Gasteiger partial charge >= 0.3 is 0 Å². The summed E-state index contributed by atoms with van der Waals surface area (Å²) in [5.41, 5.74) is 2.04. The van der Waals surface area contributed by atoms with Crippen molar-refractivity contribution in [2.24, 2.45) is 0 Å². The van der Waals surface area contributed by atoms with E-state index in [0.29, 0.717) is 27.5 Å². The summed E-state index contributed by atoms with van der Waals surface area (Å²) in [6.07, 6.45) is 2.36. The van der Waals surface area contributed by atoms with Crippen LogP contribution in [0.15, 0.2) is 48.7 Å². The average Bonchev–Trinajstić information content (AvgIpc) is 3.09. The van der Waals surface area contributed by atoms with Crippen LogP contribution in [0.1, 0.15) is 35.8 Å². The van der Waals surface area contributed by atoms with E-state index in [9.17, 15) is 4.79 Å². The van der Waals surface area contributed by atoms with Gasteiger partial charge in [-0.05, 0) is 35.2 Å². The van der Waals surface area contributed by atoms with Crippen LogP contribution in [0.2, 0.25) is 10.0 Å². The molecule has 3 rings (SSSR count). The molecule has 0 aliphatic carbocycles. The van der Waals surface area contributed by atoms with Gasteiger partial charge in [-0.1, -0.05) is 61.3 Å². The molecular weight excluding hydrogens is 415 g/mol. The number of carbonyl (C=O) groups excluding carboxylic acids is 1. The Balaban J connectivity index is 1.57. The van der Waals surface area contributed by atoms with E-state index >= 15 is 0 Å². The Hall–Kier alpha value is -2.08. The van der Waals surface area contributed by atoms with Crippen molar-refractivity contribution in [3.63, 3.8) is 0 Å².